The van der Waals surface area contributed by atoms with Gasteiger partial charge in [0.05, 0.1) is 0 Å². The lowest BCUT2D eigenvalue weighted by atomic mass is 10.2. The fourth-order valence-electron chi connectivity index (χ4n) is 1.34. The van der Waals surface area contributed by atoms with E-state index in [1.807, 2.05) is 0 Å². The molecular formula is C8H13NO3S. The van der Waals surface area contributed by atoms with Gasteiger partial charge >= 0.3 is 5.97 Å². The second-order valence-electron chi connectivity index (χ2n) is 2.90. The van der Waals surface area contributed by atoms with Gasteiger partial charge in [0.2, 0.25) is 0 Å². The van der Waals surface area contributed by atoms with Crippen LogP contribution in [0.15, 0.2) is 12.7 Å². The van der Waals surface area contributed by atoms with Crippen LogP contribution in [-0.4, -0.2) is 50.8 Å². The number of hydrogen-bond donors (Lipinski definition) is 1. The first kappa shape index (κ1) is 10.4. The fraction of sp³-hybridized carbons (Fsp3) is 0.625. The molecule has 0 aromatic heterocycles. The standard InChI is InChI=1S/C8H13NO3S/c1-2-7(8(10)11)9-3-5-13(12)6-4-9/h2,7H,1,3-6H2,(H,10,11). The average Bonchev–Trinajstić information content (AvgIpc) is 2.09. The third-order valence-electron chi connectivity index (χ3n) is 2.08. The number of hydrogen-bond acceptors (Lipinski definition) is 3. The van der Waals surface area contributed by atoms with Crippen LogP contribution in [0.2, 0.25) is 0 Å². The number of aliphatic carboxylic acids is 1. The minimum atomic E-state index is -0.886. The van der Waals surface area contributed by atoms with E-state index in [1.54, 1.807) is 4.90 Å². The molecule has 4 nitrogen and oxygen atoms in total. The van der Waals surface area contributed by atoms with Gasteiger partial charge in [-0.3, -0.25) is 13.9 Å². The van der Waals surface area contributed by atoms with Crippen LogP contribution in [0.3, 0.4) is 0 Å². The number of carbonyl (C=O) groups is 1. The molecule has 1 rings (SSSR count). The van der Waals surface area contributed by atoms with E-state index in [2.05, 4.69) is 6.58 Å². The van der Waals surface area contributed by atoms with Gasteiger partial charge in [0.1, 0.15) is 6.04 Å². The maximum atomic E-state index is 11.0. The third-order valence-corrected chi connectivity index (χ3v) is 3.36. The molecule has 0 aliphatic carbocycles. The Kier molecular flexibility index (Phi) is 3.62. The van der Waals surface area contributed by atoms with Crippen molar-refractivity contribution in [2.75, 3.05) is 24.6 Å². The van der Waals surface area contributed by atoms with Gasteiger partial charge in [-0.2, -0.15) is 0 Å². The summed E-state index contributed by atoms with van der Waals surface area (Å²) in [6.07, 6.45) is 1.41. The number of carboxylic acids is 1. The molecule has 0 saturated carbocycles. The molecule has 0 amide bonds. The van der Waals surface area contributed by atoms with Crippen molar-refractivity contribution in [1.82, 2.24) is 4.90 Å². The first-order chi connectivity index (χ1) is 6.15. The maximum Gasteiger partial charge on any atom is 0.324 e. The Bertz CT molecular complexity index is 232. The smallest absolute Gasteiger partial charge is 0.324 e. The summed E-state index contributed by atoms with van der Waals surface area (Å²) in [7, 11) is -0.762. The van der Waals surface area contributed by atoms with Crippen molar-refractivity contribution < 1.29 is 14.1 Å². The summed E-state index contributed by atoms with van der Waals surface area (Å²) in [5, 5.41) is 8.80. The van der Waals surface area contributed by atoms with E-state index in [-0.39, 0.29) is 0 Å². The molecule has 13 heavy (non-hydrogen) atoms. The summed E-state index contributed by atoms with van der Waals surface area (Å²) in [5.74, 6) is 0.248. The zero-order valence-corrected chi connectivity index (χ0v) is 8.13. The molecule has 1 N–H and O–H groups in total. The summed E-state index contributed by atoms with van der Waals surface area (Å²) < 4.78 is 11.0. The van der Waals surface area contributed by atoms with Crippen molar-refractivity contribution in [1.29, 1.82) is 0 Å². The van der Waals surface area contributed by atoms with E-state index in [9.17, 15) is 9.00 Å². The fourth-order valence-corrected chi connectivity index (χ4v) is 2.42. The van der Waals surface area contributed by atoms with E-state index in [1.165, 1.54) is 6.08 Å². The highest BCUT2D eigenvalue weighted by Crippen LogP contribution is 2.06. The Labute approximate surface area is 79.7 Å². The van der Waals surface area contributed by atoms with Crippen LogP contribution in [0.5, 0.6) is 0 Å². The average molecular weight is 203 g/mol. The van der Waals surface area contributed by atoms with Crippen molar-refractivity contribution in [3.8, 4) is 0 Å². The summed E-state index contributed by atoms with van der Waals surface area (Å²) in [5.41, 5.74) is 0. The lowest BCUT2D eigenvalue weighted by Crippen LogP contribution is -2.47. The van der Waals surface area contributed by atoms with Crippen molar-refractivity contribution in [3.05, 3.63) is 12.7 Å². The van der Waals surface area contributed by atoms with E-state index in [4.69, 9.17) is 5.11 Å². The van der Waals surface area contributed by atoms with Crippen molar-refractivity contribution in [3.63, 3.8) is 0 Å². The summed E-state index contributed by atoms with van der Waals surface area (Å²) in [4.78, 5) is 12.5. The number of nitrogens with zero attached hydrogens (tertiary/aromatic N) is 1. The molecule has 0 aromatic rings. The molecule has 1 fully saturated rings. The Morgan fingerprint density at radius 1 is 1.54 bits per heavy atom. The lowest BCUT2D eigenvalue weighted by molar-refractivity contribution is -0.141. The second-order valence-corrected chi connectivity index (χ2v) is 4.60. The first-order valence-electron chi connectivity index (χ1n) is 4.09. The zero-order chi connectivity index (χ0) is 9.84. The molecule has 1 saturated heterocycles. The van der Waals surface area contributed by atoms with Gasteiger partial charge in [-0.05, 0) is 0 Å². The number of rotatable bonds is 3. The minimum Gasteiger partial charge on any atom is -0.480 e. The van der Waals surface area contributed by atoms with Crippen LogP contribution in [0, 0.1) is 0 Å². The van der Waals surface area contributed by atoms with Crippen LogP contribution in [0.25, 0.3) is 0 Å². The highest BCUT2D eigenvalue weighted by molar-refractivity contribution is 7.85. The van der Waals surface area contributed by atoms with Crippen LogP contribution < -0.4 is 0 Å². The van der Waals surface area contributed by atoms with Crippen molar-refractivity contribution >= 4 is 16.8 Å². The molecule has 1 heterocycles. The van der Waals surface area contributed by atoms with E-state index in [0.717, 1.165) is 0 Å². The molecule has 1 aliphatic rings. The summed E-state index contributed by atoms with van der Waals surface area (Å²) in [6.45, 7) is 4.64. The Morgan fingerprint density at radius 2 is 2.08 bits per heavy atom. The normalized spacial score (nSPS) is 22.5. The first-order valence-corrected chi connectivity index (χ1v) is 5.58. The molecule has 1 unspecified atom stereocenters. The van der Waals surface area contributed by atoms with Gasteiger partial charge in [0.15, 0.2) is 0 Å². The summed E-state index contributed by atoms with van der Waals surface area (Å²) in [6, 6.07) is -0.628. The minimum absolute atomic E-state index is 0.567. The molecule has 0 spiro atoms. The molecule has 0 radical (unpaired) electrons. The van der Waals surface area contributed by atoms with E-state index < -0.39 is 22.8 Å². The predicted octanol–water partition coefficient (Wildman–Crippen LogP) is -0.310. The van der Waals surface area contributed by atoms with Gasteiger partial charge < -0.3 is 5.11 Å². The third kappa shape index (κ3) is 2.63. The van der Waals surface area contributed by atoms with Crippen LogP contribution in [0.4, 0.5) is 0 Å². The SMILES string of the molecule is C=CC(C(=O)O)N1CCS(=O)CC1. The van der Waals surface area contributed by atoms with Gasteiger partial charge in [0, 0.05) is 35.4 Å². The van der Waals surface area contributed by atoms with Crippen molar-refractivity contribution in [2.24, 2.45) is 0 Å². The Morgan fingerprint density at radius 3 is 2.46 bits per heavy atom. The number of carboxylic acid groups (broad SMARTS) is 1. The molecule has 0 aromatic carbocycles. The van der Waals surface area contributed by atoms with Gasteiger partial charge in [0.25, 0.3) is 0 Å². The highest BCUT2D eigenvalue weighted by atomic mass is 32.2. The maximum absolute atomic E-state index is 11.0. The second kappa shape index (κ2) is 4.53. The Hall–Kier alpha value is -0.680. The monoisotopic (exact) mass is 203 g/mol. The Balaban J connectivity index is 2.55. The molecule has 5 heteroatoms. The largest absolute Gasteiger partial charge is 0.480 e. The van der Waals surface area contributed by atoms with Crippen LogP contribution in [0.1, 0.15) is 0 Å². The van der Waals surface area contributed by atoms with Crippen molar-refractivity contribution in [2.45, 2.75) is 6.04 Å². The lowest BCUT2D eigenvalue weighted by Gasteiger charge is -2.29. The molecule has 1 aliphatic heterocycles. The molecule has 74 valence electrons. The quantitative estimate of drug-likeness (QED) is 0.639. The van der Waals surface area contributed by atoms with Gasteiger partial charge in [-0.1, -0.05) is 6.08 Å². The zero-order valence-electron chi connectivity index (χ0n) is 7.31. The topological polar surface area (TPSA) is 57.6 Å². The van der Waals surface area contributed by atoms with Crippen LogP contribution in [-0.2, 0) is 15.6 Å². The predicted molar refractivity (Wildman–Crippen MR) is 51.1 cm³/mol. The van der Waals surface area contributed by atoms with E-state index in [0.29, 0.717) is 24.6 Å². The molecule has 0 bridgehead atoms. The van der Waals surface area contributed by atoms with E-state index >= 15 is 0 Å². The van der Waals surface area contributed by atoms with Gasteiger partial charge in [-0.15, -0.1) is 6.58 Å². The molecule has 1 atom stereocenters. The summed E-state index contributed by atoms with van der Waals surface area (Å²) >= 11 is 0. The highest BCUT2D eigenvalue weighted by Gasteiger charge is 2.25. The van der Waals surface area contributed by atoms with Crippen LogP contribution >= 0.6 is 0 Å². The van der Waals surface area contributed by atoms with Gasteiger partial charge in [-0.25, -0.2) is 0 Å². The molecular weight excluding hydrogens is 190 g/mol.